The number of amides is 4. The molecular formula is C30H27FN4O6S. The number of likely N-dealkylation sites (N-methyl/N-ethyl adjacent to an activating group) is 1. The van der Waals surface area contributed by atoms with Crippen LogP contribution >= 0.6 is 12.2 Å². The maximum absolute atomic E-state index is 13.5. The van der Waals surface area contributed by atoms with E-state index in [-0.39, 0.29) is 23.8 Å². The highest BCUT2D eigenvalue weighted by Gasteiger charge is 2.37. The smallest absolute Gasteiger partial charge is 0.335 e. The summed E-state index contributed by atoms with van der Waals surface area (Å²) in [5.41, 5.74) is 1.97. The van der Waals surface area contributed by atoms with Gasteiger partial charge in [0.15, 0.2) is 16.6 Å². The molecule has 1 saturated heterocycles. The first-order chi connectivity index (χ1) is 20.3. The average molecular weight is 591 g/mol. The summed E-state index contributed by atoms with van der Waals surface area (Å²) in [5, 5.41) is 5.96. The van der Waals surface area contributed by atoms with E-state index >= 15 is 0 Å². The Hall–Kier alpha value is -4.97. The van der Waals surface area contributed by atoms with Gasteiger partial charge in [-0.1, -0.05) is 30.3 Å². The predicted molar refractivity (Wildman–Crippen MR) is 157 cm³/mol. The number of thiocarbonyl (C=S) groups is 1. The lowest BCUT2D eigenvalue weighted by Crippen LogP contribution is -2.54. The zero-order valence-electron chi connectivity index (χ0n) is 22.8. The zero-order valence-corrected chi connectivity index (χ0v) is 23.6. The van der Waals surface area contributed by atoms with Gasteiger partial charge in [-0.2, -0.15) is 0 Å². The maximum Gasteiger partial charge on any atom is 0.335 e. The minimum Gasteiger partial charge on any atom is -0.492 e. The van der Waals surface area contributed by atoms with E-state index in [0.717, 1.165) is 22.6 Å². The molecule has 0 aromatic heterocycles. The third-order valence-electron chi connectivity index (χ3n) is 6.77. The third-order valence-corrected chi connectivity index (χ3v) is 7.23. The number of ether oxygens (including phenoxy) is 3. The number of methoxy groups -OCH3 is 1. The van der Waals surface area contributed by atoms with Crippen molar-refractivity contribution in [3.63, 3.8) is 0 Å². The first-order valence-corrected chi connectivity index (χ1v) is 13.4. The minimum atomic E-state index is -0.940. The monoisotopic (exact) mass is 590 g/mol. The Morgan fingerprint density at radius 3 is 2.60 bits per heavy atom. The molecule has 2 heterocycles. The number of hydrogen-bond donors (Lipinski definition) is 2. The van der Waals surface area contributed by atoms with Crippen LogP contribution in [0, 0.1) is 5.82 Å². The Bertz CT molecular complexity index is 1580. The molecular weight excluding hydrogens is 563 g/mol. The Balaban J connectivity index is 1.44. The number of halogens is 1. The number of carbonyl (C=O) groups is 3. The van der Waals surface area contributed by atoms with Crippen molar-refractivity contribution in [3.8, 4) is 17.2 Å². The number of benzene rings is 3. The number of nitrogens with one attached hydrogen (secondary N) is 2. The van der Waals surface area contributed by atoms with Gasteiger partial charge in [-0.05, 0) is 66.2 Å². The van der Waals surface area contributed by atoms with E-state index in [1.807, 2.05) is 42.3 Å². The fraction of sp³-hybridized carbons (Fsp3) is 0.200. The lowest BCUT2D eigenvalue weighted by Gasteiger charge is -2.27. The van der Waals surface area contributed by atoms with E-state index in [1.165, 1.54) is 25.3 Å². The van der Waals surface area contributed by atoms with Crippen LogP contribution in [0.2, 0.25) is 0 Å². The Morgan fingerprint density at radius 1 is 1.14 bits per heavy atom. The predicted octanol–water partition coefficient (Wildman–Crippen LogP) is 3.78. The average Bonchev–Trinajstić information content (AvgIpc) is 3.46. The van der Waals surface area contributed by atoms with Crippen LogP contribution in [-0.2, 0) is 22.6 Å². The van der Waals surface area contributed by atoms with Gasteiger partial charge < -0.3 is 24.4 Å². The lowest BCUT2D eigenvalue weighted by molar-refractivity contribution is -0.122. The van der Waals surface area contributed by atoms with E-state index < -0.39 is 23.7 Å². The molecule has 0 radical (unpaired) electrons. The topological polar surface area (TPSA) is 109 Å². The van der Waals surface area contributed by atoms with Crippen LogP contribution in [0.15, 0.2) is 66.2 Å². The molecule has 3 aromatic carbocycles. The minimum absolute atomic E-state index is 0.0230. The van der Waals surface area contributed by atoms with Crippen LogP contribution in [0.3, 0.4) is 0 Å². The second-order valence-corrected chi connectivity index (χ2v) is 9.85. The number of urea groups is 1. The summed E-state index contributed by atoms with van der Waals surface area (Å²) in [6.07, 6.45) is 1.79. The summed E-state index contributed by atoms with van der Waals surface area (Å²) in [5.74, 6) is -1.23. The maximum atomic E-state index is 13.5. The highest BCUT2D eigenvalue weighted by atomic mass is 32.1. The van der Waals surface area contributed by atoms with Crippen LogP contribution in [0.1, 0.15) is 16.7 Å². The molecule has 0 saturated carbocycles. The molecule has 0 spiro atoms. The molecule has 216 valence electrons. The van der Waals surface area contributed by atoms with Crippen LogP contribution in [0.25, 0.3) is 6.08 Å². The highest BCUT2D eigenvalue weighted by Crippen LogP contribution is 2.46. The summed E-state index contributed by atoms with van der Waals surface area (Å²) in [7, 11) is 3.29. The van der Waals surface area contributed by atoms with E-state index in [1.54, 1.807) is 6.07 Å². The molecule has 2 aliphatic heterocycles. The second-order valence-electron chi connectivity index (χ2n) is 9.47. The van der Waals surface area contributed by atoms with Gasteiger partial charge in [-0.3, -0.25) is 14.9 Å². The molecule has 2 N–H and O–H groups in total. The largest absolute Gasteiger partial charge is 0.492 e. The summed E-state index contributed by atoms with van der Waals surface area (Å²) in [4.78, 5) is 41.6. The van der Waals surface area contributed by atoms with Gasteiger partial charge >= 0.3 is 6.03 Å². The number of nitrogens with zero attached hydrogens (tertiary/aromatic N) is 2. The van der Waals surface area contributed by atoms with E-state index in [9.17, 15) is 18.8 Å². The fourth-order valence-electron chi connectivity index (χ4n) is 4.57. The van der Waals surface area contributed by atoms with E-state index in [2.05, 4.69) is 10.6 Å². The second kappa shape index (κ2) is 12.3. The van der Waals surface area contributed by atoms with E-state index in [0.29, 0.717) is 47.2 Å². The summed E-state index contributed by atoms with van der Waals surface area (Å²) >= 11 is 5.57. The van der Waals surface area contributed by atoms with Gasteiger partial charge in [-0.15, -0.1) is 0 Å². The molecule has 2 aliphatic rings. The lowest BCUT2D eigenvalue weighted by atomic mass is 9.98. The SMILES string of the molecule is COc1c(/C=C2\C(=O)NC(=O)N(c3ccc(F)cc3)C2=O)c(CCN(C)C(=S)NCc2ccccc2)cc2c1OCO2. The number of fused-ring (bicyclic) bond motifs is 1. The van der Waals surface area contributed by atoms with Crippen molar-refractivity contribution in [2.24, 2.45) is 0 Å². The van der Waals surface area contributed by atoms with Crippen LogP contribution in [0.5, 0.6) is 17.2 Å². The Kier molecular flexibility index (Phi) is 8.34. The van der Waals surface area contributed by atoms with Crippen LogP contribution < -0.4 is 29.7 Å². The number of anilines is 1. The summed E-state index contributed by atoms with van der Waals surface area (Å²) < 4.78 is 30.4. The molecule has 3 aromatic rings. The van der Waals surface area contributed by atoms with Crippen molar-refractivity contribution in [3.05, 3.63) is 88.7 Å². The molecule has 4 amide bonds. The quantitative estimate of drug-likeness (QED) is 0.230. The molecule has 12 heteroatoms. The van der Waals surface area contributed by atoms with Crippen molar-refractivity contribution >= 4 is 46.9 Å². The molecule has 5 rings (SSSR count). The first-order valence-electron chi connectivity index (χ1n) is 13.0. The number of rotatable bonds is 8. The zero-order chi connectivity index (χ0) is 29.8. The Morgan fingerprint density at radius 2 is 1.88 bits per heavy atom. The van der Waals surface area contributed by atoms with Crippen molar-refractivity contribution in [1.29, 1.82) is 0 Å². The molecule has 1 fully saturated rings. The number of carbonyl (C=O) groups excluding carboxylic acids is 3. The molecule has 0 atom stereocenters. The van der Waals surface area contributed by atoms with Crippen molar-refractivity contribution in [1.82, 2.24) is 15.5 Å². The third kappa shape index (κ3) is 5.88. The van der Waals surface area contributed by atoms with Gasteiger partial charge in [0.05, 0.1) is 12.8 Å². The molecule has 0 unspecified atom stereocenters. The van der Waals surface area contributed by atoms with Gasteiger partial charge in [0.2, 0.25) is 12.5 Å². The van der Waals surface area contributed by atoms with Crippen molar-refractivity contribution in [2.45, 2.75) is 13.0 Å². The van der Waals surface area contributed by atoms with Gasteiger partial charge in [0.1, 0.15) is 11.4 Å². The fourth-order valence-corrected chi connectivity index (χ4v) is 4.73. The molecule has 10 nitrogen and oxygen atoms in total. The van der Waals surface area contributed by atoms with Crippen LogP contribution in [-0.4, -0.2) is 55.4 Å². The number of hydrogen-bond acceptors (Lipinski definition) is 7. The Labute approximate surface area is 246 Å². The van der Waals surface area contributed by atoms with Gasteiger partial charge in [-0.25, -0.2) is 14.1 Å². The molecule has 42 heavy (non-hydrogen) atoms. The molecule has 0 aliphatic carbocycles. The van der Waals surface area contributed by atoms with Crippen molar-refractivity contribution < 1.29 is 33.0 Å². The standard InChI is InChI=1S/C30H27FN4O6S/c1-34(30(42)32-16-18-6-4-3-5-7-18)13-12-19-14-24-26(41-17-40-24)25(39-2)22(19)15-23-27(36)33-29(38)35(28(23)37)21-10-8-20(31)9-11-21/h3-11,14-15H,12-13,16-17H2,1-2H3,(H,32,42)(H,33,36,38)/b23-15+. The molecule has 0 bridgehead atoms. The van der Waals surface area contributed by atoms with E-state index in [4.69, 9.17) is 26.4 Å². The number of imide groups is 2. The van der Waals surface area contributed by atoms with Gasteiger partial charge in [0.25, 0.3) is 11.8 Å². The van der Waals surface area contributed by atoms with Crippen molar-refractivity contribution in [2.75, 3.05) is 32.4 Å². The normalized spacial score (nSPS) is 15.1. The van der Waals surface area contributed by atoms with Crippen LogP contribution in [0.4, 0.5) is 14.9 Å². The summed E-state index contributed by atoms with van der Waals surface area (Å²) in [6, 6.07) is 15.5. The number of barbiturate groups is 1. The van der Waals surface area contributed by atoms with Gasteiger partial charge in [0, 0.05) is 25.7 Å². The highest BCUT2D eigenvalue weighted by molar-refractivity contribution is 7.80. The summed E-state index contributed by atoms with van der Waals surface area (Å²) in [6.45, 7) is 1.02. The first kappa shape index (κ1) is 28.6.